The number of rotatable bonds is 3. The molecule has 4 nitrogen and oxygen atoms in total. The molecule has 18 heavy (non-hydrogen) atoms. The summed E-state index contributed by atoms with van der Waals surface area (Å²) < 4.78 is 0.809. The molecular formula is C13H18BrN3O. The van der Waals surface area contributed by atoms with E-state index in [9.17, 15) is 4.79 Å². The number of nitrogens with one attached hydrogen (secondary N) is 2. The zero-order valence-corrected chi connectivity index (χ0v) is 12.3. The van der Waals surface area contributed by atoms with Crippen LogP contribution in [-0.4, -0.2) is 24.0 Å². The van der Waals surface area contributed by atoms with Crippen molar-refractivity contribution >= 4 is 27.5 Å². The van der Waals surface area contributed by atoms with Gasteiger partial charge in [0.25, 0.3) is 0 Å². The largest absolute Gasteiger partial charge is 0.324 e. The maximum Gasteiger partial charge on any atom is 0.232 e. The van der Waals surface area contributed by atoms with Crippen molar-refractivity contribution in [2.24, 2.45) is 11.3 Å². The Bertz CT molecular complexity index is 442. The van der Waals surface area contributed by atoms with Gasteiger partial charge in [-0.25, -0.2) is 0 Å². The summed E-state index contributed by atoms with van der Waals surface area (Å²) in [6, 6.07) is 1.80. The predicted molar refractivity (Wildman–Crippen MR) is 75.3 cm³/mol. The van der Waals surface area contributed by atoms with E-state index in [-0.39, 0.29) is 11.3 Å². The highest BCUT2D eigenvalue weighted by Gasteiger charge is 2.43. The third kappa shape index (κ3) is 2.42. The second-order valence-electron chi connectivity index (χ2n) is 5.05. The molecule has 0 radical (unpaired) electrons. The maximum atomic E-state index is 12.5. The van der Waals surface area contributed by atoms with Gasteiger partial charge in [-0.3, -0.25) is 9.78 Å². The number of carbonyl (C=O) groups is 1. The molecule has 2 heterocycles. The fraction of sp³-hybridized carbons (Fsp3) is 0.538. The van der Waals surface area contributed by atoms with Crippen LogP contribution in [0.25, 0.3) is 0 Å². The Balaban J connectivity index is 2.19. The van der Waals surface area contributed by atoms with Gasteiger partial charge in [-0.1, -0.05) is 13.8 Å². The summed E-state index contributed by atoms with van der Waals surface area (Å²) in [6.45, 7) is 5.87. The molecule has 5 heteroatoms. The molecule has 1 unspecified atom stereocenters. The molecule has 0 aromatic carbocycles. The molecule has 1 aromatic heterocycles. The topological polar surface area (TPSA) is 54.0 Å². The lowest BCUT2D eigenvalue weighted by atomic mass is 9.75. The standard InChI is InChI=1S/C13H18BrN3O/c1-9(2)13(4-6-16-8-13)12(18)17-11-3-5-15-7-10(11)14/h3,5,7,9,16H,4,6,8H2,1-2H3,(H,15,17,18). The number of hydrogen-bond donors (Lipinski definition) is 2. The third-order valence-corrected chi connectivity index (χ3v) is 4.40. The summed E-state index contributed by atoms with van der Waals surface area (Å²) in [5, 5.41) is 6.30. The van der Waals surface area contributed by atoms with Crippen LogP contribution < -0.4 is 10.6 Å². The van der Waals surface area contributed by atoms with E-state index in [2.05, 4.69) is 45.4 Å². The Morgan fingerprint density at radius 2 is 2.39 bits per heavy atom. The van der Waals surface area contributed by atoms with Crippen molar-refractivity contribution in [2.75, 3.05) is 18.4 Å². The van der Waals surface area contributed by atoms with Gasteiger partial charge < -0.3 is 10.6 Å². The fourth-order valence-corrected chi connectivity index (χ4v) is 2.73. The molecule has 0 saturated carbocycles. The summed E-state index contributed by atoms with van der Waals surface area (Å²) in [5.41, 5.74) is 0.477. The van der Waals surface area contributed by atoms with Crippen molar-refractivity contribution in [3.63, 3.8) is 0 Å². The minimum absolute atomic E-state index is 0.0920. The Kier molecular flexibility index (Phi) is 4.02. The summed E-state index contributed by atoms with van der Waals surface area (Å²) >= 11 is 3.40. The van der Waals surface area contributed by atoms with Crippen molar-refractivity contribution in [1.82, 2.24) is 10.3 Å². The third-order valence-electron chi connectivity index (χ3n) is 3.77. The lowest BCUT2D eigenvalue weighted by Gasteiger charge is -2.31. The smallest absolute Gasteiger partial charge is 0.232 e. The Labute approximate surface area is 116 Å². The highest BCUT2D eigenvalue weighted by Crippen LogP contribution is 2.36. The molecule has 1 fully saturated rings. The number of amides is 1. The summed E-state index contributed by atoms with van der Waals surface area (Å²) in [6.07, 6.45) is 4.25. The van der Waals surface area contributed by atoms with Crippen molar-refractivity contribution in [2.45, 2.75) is 20.3 Å². The average Bonchev–Trinajstić information content (AvgIpc) is 2.82. The van der Waals surface area contributed by atoms with Crippen molar-refractivity contribution < 1.29 is 4.79 Å². The van der Waals surface area contributed by atoms with Gasteiger partial charge in [-0.05, 0) is 40.9 Å². The van der Waals surface area contributed by atoms with Gasteiger partial charge in [-0.2, -0.15) is 0 Å². The normalized spacial score (nSPS) is 23.3. The predicted octanol–water partition coefficient (Wildman–Crippen LogP) is 2.42. The molecule has 1 aromatic rings. The summed E-state index contributed by atoms with van der Waals surface area (Å²) in [5.74, 6) is 0.405. The molecule has 2 rings (SSSR count). The van der Waals surface area contributed by atoms with Gasteiger partial charge in [0.1, 0.15) is 0 Å². The van der Waals surface area contributed by atoms with E-state index in [4.69, 9.17) is 0 Å². The monoisotopic (exact) mass is 311 g/mol. The first-order chi connectivity index (χ1) is 8.56. The van der Waals surface area contributed by atoms with Gasteiger partial charge >= 0.3 is 0 Å². The zero-order valence-electron chi connectivity index (χ0n) is 10.7. The van der Waals surface area contributed by atoms with Crippen LogP contribution in [0.2, 0.25) is 0 Å². The minimum Gasteiger partial charge on any atom is -0.324 e. The molecule has 1 saturated heterocycles. The van der Waals surface area contributed by atoms with E-state index in [1.807, 2.05) is 0 Å². The first-order valence-corrected chi connectivity index (χ1v) is 6.97. The average molecular weight is 312 g/mol. The number of anilines is 1. The van der Waals surface area contributed by atoms with E-state index in [1.54, 1.807) is 18.5 Å². The van der Waals surface area contributed by atoms with Crippen molar-refractivity contribution in [1.29, 1.82) is 0 Å². The second kappa shape index (κ2) is 5.36. The summed E-state index contributed by atoms with van der Waals surface area (Å²) in [7, 11) is 0. The number of aromatic nitrogens is 1. The molecule has 0 bridgehead atoms. The molecular weight excluding hydrogens is 294 g/mol. The van der Waals surface area contributed by atoms with Gasteiger partial charge in [0.05, 0.1) is 15.6 Å². The van der Waals surface area contributed by atoms with Gasteiger partial charge in [-0.15, -0.1) is 0 Å². The van der Waals surface area contributed by atoms with Crippen LogP contribution in [0.5, 0.6) is 0 Å². The fourth-order valence-electron chi connectivity index (χ4n) is 2.38. The Morgan fingerprint density at radius 1 is 1.61 bits per heavy atom. The lowest BCUT2D eigenvalue weighted by Crippen LogP contribution is -2.42. The van der Waals surface area contributed by atoms with Crippen LogP contribution in [-0.2, 0) is 4.79 Å². The molecule has 98 valence electrons. The van der Waals surface area contributed by atoms with E-state index in [1.165, 1.54) is 0 Å². The number of carbonyl (C=O) groups excluding carboxylic acids is 1. The van der Waals surface area contributed by atoms with Crippen molar-refractivity contribution in [3.05, 3.63) is 22.9 Å². The van der Waals surface area contributed by atoms with Crippen LogP contribution in [0.15, 0.2) is 22.9 Å². The number of nitrogens with zero attached hydrogens (tertiary/aromatic N) is 1. The minimum atomic E-state index is -0.303. The van der Waals surface area contributed by atoms with Crippen LogP contribution in [0.1, 0.15) is 20.3 Å². The van der Waals surface area contributed by atoms with E-state index >= 15 is 0 Å². The Hall–Kier alpha value is -0.940. The first-order valence-electron chi connectivity index (χ1n) is 6.18. The molecule has 1 aliphatic rings. The maximum absolute atomic E-state index is 12.5. The zero-order chi connectivity index (χ0) is 13.2. The van der Waals surface area contributed by atoms with E-state index in [0.717, 1.165) is 29.7 Å². The second-order valence-corrected chi connectivity index (χ2v) is 5.90. The van der Waals surface area contributed by atoms with Gasteiger partial charge in [0.15, 0.2) is 0 Å². The SMILES string of the molecule is CC(C)C1(C(=O)Nc2ccncc2Br)CCNC1. The number of pyridine rings is 1. The van der Waals surface area contributed by atoms with E-state index < -0.39 is 0 Å². The molecule has 1 amide bonds. The van der Waals surface area contributed by atoms with Gasteiger partial charge in [0, 0.05) is 18.9 Å². The van der Waals surface area contributed by atoms with Crippen LogP contribution in [0.3, 0.4) is 0 Å². The Morgan fingerprint density at radius 3 is 2.94 bits per heavy atom. The molecule has 1 aliphatic heterocycles. The van der Waals surface area contributed by atoms with Crippen LogP contribution in [0.4, 0.5) is 5.69 Å². The number of hydrogen-bond acceptors (Lipinski definition) is 3. The highest BCUT2D eigenvalue weighted by molar-refractivity contribution is 9.10. The molecule has 0 spiro atoms. The molecule has 1 atom stereocenters. The molecule has 2 N–H and O–H groups in total. The number of halogens is 1. The van der Waals surface area contributed by atoms with Crippen molar-refractivity contribution in [3.8, 4) is 0 Å². The molecule has 0 aliphatic carbocycles. The van der Waals surface area contributed by atoms with Crippen LogP contribution in [0, 0.1) is 11.3 Å². The van der Waals surface area contributed by atoms with Crippen LogP contribution >= 0.6 is 15.9 Å². The quantitative estimate of drug-likeness (QED) is 0.901. The first kappa shape index (κ1) is 13.5. The van der Waals surface area contributed by atoms with Gasteiger partial charge in [0.2, 0.25) is 5.91 Å². The highest BCUT2D eigenvalue weighted by atomic mass is 79.9. The van der Waals surface area contributed by atoms with E-state index in [0.29, 0.717) is 5.92 Å². The summed E-state index contributed by atoms with van der Waals surface area (Å²) in [4.78, 5) is 16.5. The lowest BCUT2D eigenvalue weighted by molar-refractivity contribution is -0.126.